The number of hydrogen-bond donors (Lipinski definition) is 0. The standard InChI is InChI=1S/C17H19ClN2O/c1-11-7-12(2)10-20(9-11)17(21)14-8-16(18)19-15-6-4-3-5-13(14)15/h3-6,8,11-12H,7,9-10H2,1-2H3. The average Bonchev–Trinajstić information content (AvgIpc) is 2.44. The van der Waals surface area contributed by atoms with E-state index < -0.39 is 0 Å². The molecule has 2 atom stereocenters. The Hall–Kier alpha value is -1.61. The van der Waals surface area contributed by atoms with E-state index in [-0.39, 0.29) is 5.91 Å². The molecule has 1 aliphatic heterocycles. The molecule has 0 bridgehead atoms. The number of para-hydroxylation sites is 1. The zero-order valence-corrected chi connectivity index (χ0v) is 13.1. The molecule has 1 fully saturated rings. The zero-order chi connectivity index (χ0) is 15.0. The molecule has 3 rings (SSSR count). The topological polar surface area (TPSA) is 33.2 Å². The third-order valence-electron chi connectivity index (χ3n) is 4.07. The summed E-state index contributed by atoms with van der Waals surface area (Å²) >= 11 is 6.08. The van der Waals surface area contributed by atoms with Crippen LogP contribution in [0, 0.1) is 11.8 Å². The van der Waals surface area contributed by atoms with Gasteiger partial charge in [0.25, 0.3) is 5.91 Å². The Morgan fingerprint density at radius 1 is 1.24 bits per heavy atom. The highest BCUT2D eigenvalue weighted by Crippen LogP contribution is 2.26. The molecule has 2 aromatic rings. The van der Waals surface area contributed by atoms with Crippen molar-refractivity contribution in [2.45, 2.75) is 20.3 Å². The van der Waals surface area contributed by atoms with Crippen molar-refractivity contribution in [3.05, 3.63) is 41.0 Å². The maximum Gasteiger partial charge on any atom is 0.254 e. The van der Waals surface area contributed by atoms with Gasteiger partial charge in [0, 0.05) is 18.5 Å². The number of fused-ring (bicyclic) bond motifs is 1. The summed E-state index contributed by atoms with van der Waals surface area (Å²) in [6.07, 6.45) is 1.18. The van der Waals surface area contributed by atoms with Crippen LogP contribution in [0.25, 0.3) is 10.9 Å². The summed E-state index contributed by atoms with van der Waals surface area (Å²) in [5.74, 6) is 1.15. The third-order valence-corrected chi connectivity index (χ3v) is 4.27. The number of likely N-dealkylation sites (tertiary alicyclic amines) is 1. The van der Waals surface area contributed by atoms with Crippen LogP contribution in [0.3, 0.4) is 0 Å². The molecule has 110 valence electrons. The second kappa shape index (κ2) is 5.64. The number of halogens is 1. The van der Waals surface area contributed by atoms with Gasteiger partial charge in [0.05, 0.1) is 11.1 Å². The van der Waals surface area contributed by atoms with Crippen LogP contribution < -0.4 is 0 Å². The van der Waals surface area contributed by atoms with E-state index in [1.165, 1.54) is 6.42 Å². The fraction of sp³-hybridized carbons (Fsp3) is 0.412. The van der Waals surface area contributed by atoms with E-state index >= 15 is 0 Å². The minimum Gasteiger partial charge on any atom is -0.338 e. The van der Waals surface area contributed by atoms with Crippen molar-refractivity contribution >= 4 is 28.4 Å². The summed E-state index contributed by atoms with van der Waals surface area (Å²) in [5, 5.41) is 1.24. The first-order chi connectivity index (χ1) is 10.0. The SMILES string of the molecule is CC1CC(C)CN(C(=O)c2cc(Cl)nc3ccccc23)C1. The minimum absolute atomic E-state index is 0.0638. The van der Waals surface area contributed by atoms with Gasteiger partial charge in [-0.2, -0.15) is 0 Å². The molecule has 21 heavy (non-hydrogen) atoms. The van der Waals surface area contributed by atoms with Crippen molar-refractivity contribution in [3.63, 3.8) is 0 Å². The molecule has 1 aromatic carbocycles. The summed E-state index contributed by atoms with van der Waals surface area (Å²) in [5.41, 5.74) is 1.43. The molecule has 3 nitrogen and oxygen atoms in total. The first-order valence-corrected chi connectivity index (χ1v) is 7.77. The van der Waals surface area contributed by atoms with Gasteiger partial charge < -0.3 is 4.90 Å². The predicted octanol–water partition coefficient (Wildman–Crippen LogP) is 4.01. The van der Waals surface area contributed by atoms with E-state index in [9.17, 15) is 4.79 Å². The van der Waals surface area contributed by atoms with Crippen molar-refractivity contribution < 1.29 is 4.79 Å². The Labute approximate surface area is 129 Å². The largest absolute Gasteiger partial charge is 0.338 e. The van der Waals surface area contributed by atoms with Crippen LogP contribution in [0.15, 0.2) is 30.3 Å². The Morgan fingerprint density at radius 3 is 2.62 bits per heavy atom. The van der Waals surface area contributed by atoms with E-state index in [0.29, 0.717) is 22.6 Å². The molecule has 1 aliphatic rings. The lowest BCUT2D eigenvalue weighted by molar-refractivity contribution is 0.0625. The van der Waals surface area contributed by atoms with Crippen LogP contribution in [0.4, 0.5) is 0 Å². The van der Waals surface area contributed by atoms with Crippen molar-refractivity contribution in [1.82, 2.24) is 9.88 Å². The Kier molecular flexibility index (Phi) is 3.85. The highest BCUT2D eigenvalue weighted by atomic mass is 35.5. The molecule has 2 heterocycles. The van der Waals surface area contributed by atoms with Gasteiger partial charge in [0.1, 0.15) is 5.15 Å². The number of rotatable bonds is 1. The number of nitrogens with zero attached hydrogens (tertiary/aromatic N) is 2. The second-order valence-electron chi connectivity index (χ2n) is 6.17. The van der Waals surface area contributed by atoms with E-state index in [1.54, 1.807) is 6.07 Å². The Morgan fingerprint density at radius 2 is 1.90 bits per heavy atom. The van der Waals surface area contributed by atoms with Gasteiger partial charge in [-0.3, -0.25) is 4.79 Å². The van der Waals surface area contributed by atoms with Crippen molar-refractivity contribution in [3.8, 4) is 0 Å². The smallest absolute Gasteiger partial charge is 0.254 e. The Bertz CT molecular complexity index is 676. The van der Waals surface area contributed by atoms with Crippen molar-refractivity contribution in [2.75, 3.05) is 13.1 Å². The van der Waals surface area contributed by atoms with Gasteiger partial charge in [0.2, 0.25) is 0 Å². The molecule has 4 heteroatoms. The minimum atomic E-state index is 0.0638. The molecule has 1 amide bonds. The van der Waals surface area contributed by atoms with Crippen LogP contribution >= 0.6 is 11.6 Å². The first-order valence-electron chi connectivity index (χ1n) is 7.39. The van der Waals surface area contributed by atoms with E-state index in [0.717, 1.165) is 24.0 Å². The van der Waals surface area contributed by atoms with Crippen molar-refractivity contribution in [1.29, 1.82) is 0 Å². The second-order valence-corrected chi connectivity index (χ2v) is 6.55. The number of amides is 1. The van der Waals surface area contributed by atoms with Crippen LogP contribution in [0.5, 0.6) is 0 Å². The molecule has 1 saturated heterocycles. The zero-order valence-electron chi connectivity index (χ0n) is 12.3. The lowest BCUT2D eigenvalue weighted by Crippen LogP contribution is -2.42. The monoisotopic (exact) mass is 302 g/mol. The van der Waals surface area contributed by atoms with E-state index in [1.807, 2.05) is 29.2 Å². The molecule has 2 unspecified atom stereocenters. The van der Waals surface area contributed by atoms with E-state index in [4.69, 9.17) is 11.6 Å². The van der Waals surface area contributed by atoms with E-state index in [2.05, 4.69) is 18.8 Å². The van der Waals surface area contributed by atoms with Gasteiger partial charge in [-0.05, 0) is 30.4 Å². The fourth-order valence-electron chi connectivity index (χ4n) is 3.32. The predicted molar refractivity (Wildman–Crippen MR) is 85.6 cm³/mol. The number of carbonyl (C=O) groups is 1. The average molecular weight is 303 g/mol. The highest BCUT2D eigenvalue weighted by Gasteiger charge is 2.27. The fourth-order valence-corrected chi connectivity index (χ4v) is 3.52. The molecular formula is C17H19ClN2O. The van der Waals surface area contributed by atoms with Gasteiger partial charge in [-0.1, -0.05) is 43.6 Å². The van der Waals surface area contributed by atoms with Crippen LogP contribution in [0.2, 0.25) is 5.15 Å². The molecular weight excluding hydrogens is 284 g/mol. The molecule has 0 saturated carbocycles. The number of carbonyl (C=O) groups excluding carboxylic acids is 1. The molecule has 0 aliphatic carbocycles. The number of aromatic nitrogens is 1. The maximum atomic E-state index is 12.9. The molecule has 0 N–H and O–H groups in total. The highest BCUT2D eigenvalue weighted by molar-refractivity contribution is 6.30. The van der Waals surface area contributed by atoms with Gasteiger partial charge >= 0.3 is 0 Å². The Balaban J connectivity index is 2.01. The van der Waals surface area contributed by atoms with Crippen LogP contribution in [0.1, 0.15) is 30.6 Å². The summed E-state index contributed by atoms with van der Waals surface area (Å²) in [6, 6.07) is 9.35. The van der Waals surface area contributed by atoms with Crippen LogP contribution in [-0.4, -0.2) is 28.9 Å². The summed E-state index contributed by atoms with van der Waals surface area (Å²) in [4.78, 5) is 19.1. The molecule has 1 aromatic heterocycles. The third kappa shape index (κ3) is 2.88. The molecule has 0 radical (unpaired) electrons. The van der Waals surface area contributed by atoms with Gasteiger partial charge in [-0.15, -0.1) is 0 Å². The normalized spacial score (nSPS) is 22.5. The summed E-state index contributed by atoms with van der Waals surface area (Å²) in [7, 11) is 0. The number of benzene rings is 1. The first kappa shape index (κ1) is 14.3. The van der Waals surface area contributed by atoms with Gasteiger partial charge in [-0.25, -0.2) is 4.98 Å². The lowest BCUT2D eigenvalue weighted by Gasteiger charge is -2.35. The van der Waals surface area contributed by atoms with Crippen LogP contribution in [-0.2, 0) is 0 Å². The lowest BCUT2D eigenvalue weighted by atomic mass is 9.91. The quantitative estimate of drug-likeness (QED) is 0.746. The number of hydrogen-bond acceptors (Lipinski definition) is 2. The number of pyridine rings is 1. The summed E-state index contributed by atoms with van der Waals surface area (Å²) < 4.78 is 0. The van der Waals surface area contributed by atoms with Gasteiger partial charge in [0.15, 0.2) is 0 Å². The molecule has 0 spiro atoms. The summed E-state index contributed by atoms with van der Waals surface area (Å²) in [6.45, 7) is 6.04. The van der Waals surface area contributed by atoms with Crippen molar-refractivity contribution in [2.24, 2.45) is 11.8 Å². The maximum absolute atomic E-state index is 12.9. The number of piperidine rings is 1.